The molecule has 4 heterocycles. The maximum Gasteiger partial charge on any atom is 0.256 e. The van der Waals surface area contributed by atoms with E-state index in [1.54, 1.807) is 18.3 Å². The van der Waals surface area contributed by atoms with Crippen molar-refractivity contribution in [1.82, 2.24) is 25.1 Å². The molecule has 2 aliphatic rings. The Bertz CT molecular complexity index is 1250. The van der Waals surface area contributed by atoms with Crippen LogP contribution in [0.4, 0.5) is 5.82 Å². The van der Waals surface area contributed by atoms with Gasteiger partial charge in [-0.2, -0.15) is 5.10 Å². The number of hydrogen-bond acceptors (Lipinski definition) is 4. The van der Waals surface area contributed by atoms with E-state index in [0.717, 1.165) is 21.8 Å². The molecule has 2 fully saturated rings. The van der Waals surface area contributed by atoms with Crippen LogP contribution in [-0.2, 0) is 0 Å². The van der Waals surface area contributed by atoms with Crippen LogP contribution in [0.25, 0.3) is 21.8 Å². The summed E-state index contributed by atoms with van der Waals surface area (Å²) >= 11 is 0. The van der Waals surface area contributed by atoms with E-state index >= 15 is 0 Å². The Kier molecular flexibility index (Phi) is 3.41. The van der Waals surface area contributed by atoms with Crippen LogP contribution in [0.5, 0.6) is 0 Å². The molecule has 1 aromatic carbocycles. The van der Waals surface area contributed by atoms with Crippen LogP contribution in [0.3, 0.4) is 0 Å². The van der Waals surface area contributed by atoms with Crippen LogP contribution in [0, 0.1) is 5.41 Å². The van der Waals surface area contributed by atoms with Crippen molar-refractivity contribution in [2.75, 3.05) is 18.9 Å². The van der Waals surface area contributed by atoms with Gasteiger partial charge in [-0.1, -0.05) is 6.07 Å². The van der Waals surface area contributed by atoms with Gasteiger partial charge in [0.25, 0.3) is 5.91 Å². The number of carbonyl (C=O) groups is 1. The van der Waals surface area contributed by atoms with Gasteiger partial charge in [-0.3, -0.25) is 14.8 Å². The summed E-state index contributed by atoms with van der Waals surface area (Å²) in [6.07, 6.45) is 7.50. The zero-order chi connectivity index (χ0) is 19.6. The third-order valence-electron chi connectivity index (χ3n) is 6.53. The van der Waals surface area contributed by atoms with Crippen molar-refractivity contribution in [2.24, 2.45) is 5.41 Å². The van der Waals surface area contributed by atoms with Crippen molar-refractivity contribution in [3.63, 3.8) is 0 Å². The number of likely N-dealkylation sites (tertiary alicyclic amines) is 1. The zero-order valence-corrected chi connectivity index (χ0v) is 16.2. The molecule has 29 heavy (non-hydrogen) atoms. The topological polar surface area (TPSA) is 89.7 Å². The van der Waals surface area contributed by atoms with Crippen molar-refractivity contribution in [2.45, 2.75) is 25.3 Å². The molecule has 7 heteroatoms. The number of pyridine rings is 1. The van der Waals surface area contributed by atoms with Gasteiger partial charge in [-0.05, 0) is 49.9 Å². The van der Waals surface area contributed by atoms with E-state index in [1.807, 2.05) is 18.3 Å². The molecule has 1 saturated carbocycles. The molecule has 3 N–H and O–H groups in total. The highest BCUT2D eigenvalue weighted by molar-refractivity contribution is 6.06. The van der Waals surface area contributed by atoms with Gasteiger partial charge >= 0.3 is 0 Å². The second-order valence-corrected chi connectivity index (χ2v) is 8.64. The molecule has 1 spiro atoms. The maximum atomic E-state index is 12.6. The van der Waals surface area contributed by atoms with Crippen LogP contribution in [0.1, 0.15) is 41.4 Å². The average Bonchev–Trinajstić information content (AvgIpc) is 3.07. The van der Waals surface area contributed by atoms with Crippen molar-refractivity contribution in [1.29, 1.82) is 0 Å². The van der Waals surface area contributed by atoms with Crippen LogP contribution in [-0.4, -0.2) is 44.6 Å². The first-order valence-electron chi connectivity index (χ1n) is 10.0. The third-order valence-corrected chi connectivity index (χ3v) is 6.53. The molecule has 3 aromatic heterocycles. The molecule has 0 radical (unpaired) electrons. The van der Waals surface area contributed by atoms with Gasteiger partial charge in [0.15, 0.2) is 0 Å². The van der Waals surface area contributed by atoms with Crippen molar-refractivity contribution >= 4 is 33.5 Å². The van der Waals surface area contributed by atoms with Gasteiger partial charge in [0.2, 0.25) is 0 Å². The monoisotopic (exact) mass is 386 g/mol. The molecule has 1 atom stereocenters. The number of benzene rings is 1. The maximum absolute atomic E-state index is 12.6. The molecule has 1 unspecified atom stereocenters. The quantitative estimate of drug-likeness (QED) is 0.499. The molecular formula is C22H22N6O. The number of H-pyrrole nitrogens is 2. The highest BCUT2D eigenvalue weighted by Gasteiger charge is 2.51. The van der Waals surface area contributed by atoms with Gasteiger partial charge in [0.05, 0.1) is 23.3 Å². The Labute approximate surface area is 167 Å². The lowest BCUT2D eigenvalue weighted by Crippen LogP contribution is -2.18. The predicted molar refractivity (Wildman–Crippen MR) is 112 cm³/mol. The predicted octanol–water partition coefficient (Wildman–Crippen LogP) is 3.85. The van der Waals surface area contributed by atoms with Gasteiger partial charge in [-0.25, -0.2) is 4.98 Å². The molecule has 0 bridgehead atoms. The Balaban J connectivity index is 1.25. The van der Waals surface area contributed by atoms with Crippen molar-refractivity contribution in [3.05, 3.63) is 54.0 Å². The standard InChI is InChI=1S/C22H22N6O/c1-28-12-22(4-5-22)9-19(28)18-7-15-10-23-20(8-16(15)25-18)26-21(29)13-2-3-14-11-24-27-17(14)6-13/h2-3,6-8,10-11,19,25H,4-5,9,12H2,1H3,(H,24,27)(H,23,26,29). The fraction of sp³-hybridized carbons (Fsp3) is 0.318. The number of nitrogens with zero attached hydrogens (tertiary/aromatic N) is 3. The fourth-order valence-electron chi connectivity index (χ4n) is 4.72. The summed E-state index contributed by atoms with van der Waals surface area (Å²) in [7, 11) is 2.21. The summed E-state index contributed by atoms with van der Waals surface area (Å²) in [6, 6.07) is 10.0. The number of aromatic amines is 2. The minimum atomic E-state index is -0.189. The SMILES string of the molecule is CN1CC2(CC2)CC1c1cc2cnc(NC(=O)c3ccc4cn[nH]c4c3)cc2[nH]1. The summed E-state index contributed by atoms with van der Waals surface area (Å²) in [6.45, 7) is 1.19. The number of rotatable bonds is 3. The van der Waals surface area contributed by atoms with E-state index in [4.69, 9.17) is 0 Å². The Morgan fingerprint density at radius 2 is 2.07 bits per heavy atom. The number of amides is 1. The van der Waals surface area contributed by atoms with Crippen LogP contribution < -0.4 is 5.32 Å². The lowest BCUT2D eigenvalue weighted by atomic mass is 10.0. The molecular weight excluding hydrogens is 364 g/mol. The third kappa shape index (κ3) is 2.81. The van der Waals surface area contributed by atoms with Gasteiger partial charge in [0.1, 0.15) is 5.82 Å². The summed E-state index contributed by atoms with van der Waals surface area (Å²) in [4.78, 5) is 23.1. The molecule has 1 saturated heterocycles. The van der Waals surface area contributed by atoms with E-state index in [9.17, 15) is 4.79 Å². The molecule has 1 aliphatic heterocycles. The van der Waals surface area contributed by atoms with E-state index in [1.165, 1.54) is 31.5 Å². The normalized spacial score (nSPS) is 20.7. The number of carbonyl (C=O) groups excluding carboxylic acids is 1. The van der Waals surface area contributed by atoms with Crippen LogP contribution in [0.2, 0.25) is 0 Å². The smallest absolute Gasteiger partial charge is 0.256 e. The summed E-state index contributed by atoms with van der Waals surface area (Å²) in [5.41, 5.74) is 4.20. The van der Waals surface area contributed by atoms with Crippen LogP contribution >= 0.6 is 0 Å². The summed E-state index contributed by atoms with van der Waals surface area (Å²) < 4.78 is 0. The summed E-state index contributed by atoms with van der Waals surface area (Å²) in [5, 5.41) is 11.8. The van der Waals surface area contributed by atoms with E-state index < -0.39 is 0 Å². The molecule has 146 valence electrons. The van der Waals surface area contributed by atoms with Crippen molar-refractivity contribution in [3.8, 4) is 0 Å². The minimum absolute atomic E-state index is 0.189. The van der Waals surface area contributed by atoms with Gasteiger partial charge in [-0.15, -0.1) is 0 Å². The highest BCUT2D eigenvalue weighted by atomic mass is 16.1. The largest absolute Gasteiger partial charge is 0.357 e. The fourth-order valence-corrected chi connectivity index (χ4v) is 4.72. The highest BCUT2D eigenvalue weighted by Crippen LogP contribution is 2.57. The van der Waals surface area contributed by atoms with Gasteiger partial charge < -0.3 is 10.3 Å². The van der Waals surface area contributed by atoms with Crippen molar-refractivity contribution < 1.29 is 4.79 Å². The number of fused-ring (bicyclic) bond motifs is 2. The zero-order valence-electron chi connectivity index (χ0n) is 16.2. The van der Waals surface area contributed by atoms with Gasteiger partial charge in [0, 0.05) is 40.8 Å². The average molecular weight is 386 g/mol. The number of nitrogens with one attached hydrogen (secondary N) is 3. The van der Waals surface area contributed by atoms with E-state index in [0.29, 0.717) is 22.8 Å². The molecule has 1 amide bonds. The second-order valence-electron chi connectivity index (χ2n) is 8.64. The molecule has 7 nitrogen and oxygen atoms in total. The Morgan fingerprint density at radius 3 is 2.90 bits per heavy atom. The molecule has 1 aliphatic carbocycles. The first kappa shape index (κ1) is 16.7. The first-order valence-corrected chi connectivity index (χ1v) is 10.0. The van der Waals surface area contributed by atoms with E-state index in [2.05, 4.69) is 43.5 Å². The summed E-state index contributed by atoms with van der Waals surface area (Å²) in [5.74, 6) is 0.352. The first-order chi connectivity index (χ1) is 14.1. The molecule has 4 aromatic rings. The number of anilines is 1. The lowest BCUT2D eigenvalue weighted by molar-refractivity contribution is 0.102. The van der Waals surface area contributed by atoms with Crippen LogP contribution in [0.15, 0.2) is 42.7 Å². The van der Waals surface area contributed by atoms with E-state index in [-0.39, 0.29) is 5.91 Å². The number of hydrogen-bond donors (Lipinski definition) is 3. The second kappa shape index (κ2) is 5.90. The number of aromatic nitrogens is 4. The molecule has 6 rings (SSSR count). The minimum Gasteiger partial charge on any atom is -0.357 e. The lowest BCUT2D eigenvalue weighted by Gasteiger charge is -2.17. The Hall–Kier alpha value is -3.19. The Morgan fingerprint density at radius 1 is 1.17 bits per heavy atom.